The monoisotopic (exact) mass is 267 g/mol. The van der Waals surface area contributed by atoms with E-state index in [1.54, 1.807) is 19.2 Å². The van der Waals surface area contributed by atoms with Crippen molar-refractivity contribution in [2.45, 2.75) is 0 Å². The number of hydrogen-bond acceptors (Lipinski definition) is 2. The normalized spacial score (nSPS) is 10.1. The Hall–Kier alpha value is -1.38. The Labute approximate surface area is 110 Å². The molecule has 0 fully saturated rings. The molecular formula is C13H11Cl2NO. The van der Waals surface area contributed by atoms with Crippen LogP contribution in [-0.2, 0) is 0 Å². The van der Waals surface area contributed by atoms with E-state index in [-0.39, 0.29) is 0 Å². The van der Waals surface area contributed by atoms with Crippen molar-refractivity contribution in [3.8, 4) is 5.75 Å². The second kappa shape index (κ2) is 5.30. The van der Waals surface area contributed by atoms with Crippen LogP contribution < -0.4 is 10.1 Å². The van der Waals surface area contributed by atoms with E-state index in [4.69, 9.17) is 27.9 Å². The molecule has 88 valence electrons. The number of nitrogens with one attached hydrogen (secondary N) is 1. The molecule has 0 aliphatic heterocycles. The topological polar surface area (TPSA) is 21.3 Å². The summed E-state index contributed by atoms with van der Waals surface area (Å²) in [6.45, 7) is 0. The molecule has 0 aromatic heterocycles. The molecule has 0 radical (unpaired) electrons. The first-order valence-corrected chi connectivity index (χ1v) is 5.82. The number of rotatable bonds is 3. The Bertz CT molecular complexity index is 514. The van der Waals surface area contributed by atoms with Gasteiger partial charge in [0, 0.05) is 5.69 Å². The van der Waals surface area contributed by atoms with Crippen LogP contribution in [0.5, 0.6) is 5.75 Å². The van der Waals surface area contributed by atoms with Crippen molar-refractivity contribution >= 4 is 34.6 Å². The Morgan fingerprint density at radius 3 is 2.35 bits per heavy atom. The van der Waals surface area contributed by atoms with Crippen LogP contribution in [0.1, 0.15) is 0 Å². The number of benzene rings is 2. The third-order valence-electron chi connectivity index (χ3n) is 2.32. The van der Waals surface area contributed by atoms with Gasteiger partial charge in [0.1, 0.15) is 10.8 Å². The van der Waals surface area contributed by atoms with Crippen LogP contribution in [0.25, 0.3) is 0 Å². The predicted octanol–water partition coefficient (Wildman–Crippen LogP) is 4.75. The van der Waals surface area contributed by atoms with Gasteiger partial charge < -0.3 is 10.1 Å². The maximum Gasteiger partial charge on any atom is 0.139 e. The Kier molecular flexibility index (Phi) is 3.77. The molecule has 0 aliphatic rings. The lowest BCUT2D eigenvalue weighted by molar-refractivity contribution is 0.415. The molecule has 1 N–H and O–H groups in total. The minimum Gasteiger partial charge on any atom is -0.495 e. The summed E-state index contributed by atoms with van der Waals surface area (Å²) in [7, 11) is 1.57. The van der Waals surface area contributed by atoms with Crippen molar-refractivity contribution in [2.75, 3.05) is 12.4 Å². The molecule has 4 heteroatoms. The van der Waals surface area contributed by atoms with E-state index in [9.17, 15) is 0 Å². The second-order valence-electron chi connectivity index (χ2n) is 3.43. The van der Waals surface area contributed by atoms with E-state index in [1.165, 1.54) is 0 Å². The van der Waals surface area contributed by atoms with Crippen LogP contribution in [-0.4, -0.2) is 7.11 Å². The summed E-state index contributed by atoms with van der Waals surface area (Å²) in [4.78, 5) is 0. The first-order chi connectivity index (χ1) is 8.22. The molecule has 0 heterocycles. The average Bonchev–Trinajstić information content (AvgIpc) is 2.36. The van der Waals surface area contributed by atoms with Crippen LogP contribution >= 0.6 is 23.2 Å². The largest absolute Gasteiger partial charge is 0.495 e. The van der Waals surface area contributed by atoms with Gasteiger partial charge in [0.15, 0.2) is 0 Å². The van der Waals surface area contributed by atoms with E-state index in [2.05, 4.69) is 5.32 Å². The fraction of sp³-hybridized carbons (Fsp3) is 0.0769. The van der Waals surface area contributed by atoms with Crippen LogP contribution in [0.3, 0.4) is 0 Å². The molecule has 0 saturated heterocycles. The summed E-state index contributed by atoms with van der Waals surface area (Å²) in [6, 6.07) is 13.2. The number of anilines is 2. The van der Waals surface area contributed by atoms with Gasteiger partial charge in [-0.2, -0.15) is 0 Å². The molecule has 2 nitrogen and oxygen atoms in total. The number of halogens is 2. The van der Waals surface area contributed by atoms with Gasteiger partial charge >= 0.3 is 0 Å². The summed E-state index contributed by atoms with van der Waals surface area (Å²) < 4.78 is 5.15. The van der Waals surface area contributed by atoms with E-state index in [1.807, 2.05) is 30.3 Å². The highest BCUT2D eigenvalue weighted by Crippen LogP contribution is 2.39. The minimum absolute atomic E-state index is 0.476. The highest BCUT2D eigenvalue weighted by Gasteiger charge is 2.11. The smallest absolute Gasteiger partial charge is 0.139 e. The molecule has 2 rings (SSSR count). The molecule has 17 heavy (non-hydrogen) atoms. The molecule has 0 atom stereocenters. The fourth-order valence-electron chi connectivity index (χ4n) is 1.47. The predicted molar refractivity (Wildman–Crippen MR) is 72.7 cm³/mol. The highest BCUT2D eigenvalue weighted by atomic mass is 35.5. The van der Waals surface area contributed by atoms with Crippen LogP contribution in [0.15, 0.2) is 42.5 Å². The molecule has 0 amide bonds. The first-order valence-electron chi connectivity index (χ1n) is 5.06. The molecule has 0 unspecified atom stereocenters. The zero-order chi connectivity index (χ0) is 12.3. The average molecular weight is 268 g/mol. The number of para-hydroxylation sites is 1. The van der Waals surface area contributed by atoms with E-state index in [0.29, 0.717) is 21.5 Å². The van der Waals surface area contributed by atoms with E-state index < -0.39 is 0 Å². The Morgan fingerprint density at radius 2 is 1.71 bits per heavy atom. The molecule has 0 bridgehead atoms. The van der Waals surface area contributed by atoms with E-state index in [0.717, 1.165) is 5.69 Å². The quantitative estimate of drug-likeness (QED) is 0.867. The maximum atomic E-state index is 6.19. The van der Waals surface area contributed by atoms with Crippen molar-refractivity contribution in [3.05, 3.63) is 52.5 Å². The van der Waals surface area contributed by atoms with Crippen LogP contribution in [0.4, 0.5) is 11.4 Å². The van der Waals surface area contributed by atoms with Gasteiger partial charge in [0.2, 0.25) is 0 Å². The molecule has 0 spiro atoms. The number of ether oxygens (including phenoxy) is 1. The van der Waals surface area contributed by atoms with Gasteiger partial charge in [-0.15, -0.1) is 0 Å². The summed E-state index contributed by atoms with van der Waals surface area (Å²) in [5.74, 6) is 0.592. The summed E-state index contributed by atoms with van der Waals surface area (Å²) in [6.07, 6.45) is 0. The third kappa shape index (κ3) is 2.65. The molecule has 2 aromatic carbocycles. The third-order valence-corrected chi connectivity index (χ3v) is 3.01. The highest BCUT2D eigenvalue weighted by molar-refractivity contribution is 6.40. The maximum absolute atomic E-state index is 6.19. The van der Waals surface area contributed by atoms with Crippen molar-refractivity contribution in [2.24, 2.45) is 0 Å². The molecule has 0 aliphatic carbocycles. The lowest BCUT2D eigenvalue weighted by atomic mass is 10.2. The van der Waals surface area contributed by atoms with Gasteiger partial charge in [0.05, 0.1) is 17.8 Å². The Balaban J connectivity index is 2.38. The summed E-state index contributed by atoms with van der Waals surface area (Å²) in [5.41, 5.74) is 1.57. The number of methoxy groups -OCH3 is 1. The van der Waals surface area contributed by atoms with Gasteiger partial charge in [-0.25, -0.2) is 0 Å². The van der Waals surface area contributed by atoms with Gasteiger partial charge in [-0.05, 0) is 24.3 Å². The first kappa shape index (κ1) is 12.1. The molecule has 0 saturated carbocycles. The van der Waals surface area contributed by atoms with Gasteiger partial charge in [-0.1, -0.05) is 41.4 Å². The van der Waals surface area contributed by atoms with Gasteiger partial charge in [-0.3, -0.25) is 0 Å². The van der Waals surface area contributed by atoms with Crippen molar-refractivity contribution in [3.63, 3.8) is 0 Å². The molecular weight excluding hydrogens is 257 g/mol. The summed E-state index contributed by atoms with van der Waals surface area (Å²) in [5, 5.41) is 4.20. The lowest BCUT2D eigenvalue weighted by Crippen LogP contribution is -1.94. The minimum atomic E-state index is 0.476. The SMILES string of the molecule is COc1ccc(Cl)c(Nc2ccccc2)c1Cl. The van der Waals surface area contributed by atoms with Crippen molar-refractivity contribution in [1.82, 2.24) is 0 Å². The van der Waals surface area contributed by atoms with E-state index >= 15 is 0 Å². The van der Waals surface area contributed by atoms with Crippen LogP contribution in [0, 0.1) is 0 Å². The van der Waals surface area contributed by atoms with Gasteiger partial charge in [0.25, 0.3) is 0 Å². The zero-order valence-electron chi connectivity index (χ0n) is 9.21. The van der Waals surface area contributed by atoms with Crippen molar-refractivity contribution < 1.29 is 4.74 Å². The second-order valence-corrected chi connectivity index (χ2v) is 4.21. The standard InChI is InChI=1S/C13H11Cl2NO/c1-17-11-8-7-10(14)13(12(11)15)16-9-5-3-2-4-6-9/h2-8,16H,1H3. The zero-order valence-corrected chi connectivity index (χ0v) is 10.7. The van der Waals surface area contributed by atoms with Crippen molar-refractivity contribution in [1.29, 1.82) is 0 Å². The van der Waals surface area contributed by atoms with Crippen LogP contribution in [0.2, 0.25) is 10.0 Å². The Morgan fingerprint density at radius 1 is 1.00 bits per heavy atom. The summed E-state index contributed by atoms with van der Waals surface area (Å²) >= 11 is 12.3. The lowest BCUT2D eigenvalue weighted by Gasteiger charge is -2.12. The number of hydrogen-bond donors (Lipinski definition) is 1. The fourth-order valence-corrected chi connectivity index (χ4v) is 2.01. The molecule has 2 aromatic rings.